The predicted octanol–water partition coefficient (Wildman–Crippen LogP) is 3.75. The van der Waals surface area contributed by atoms with Crippen LogP contribution in [-0.4, -0.2) is 42.2 Å². The van der Waals surface area contributed by atoms with Crippen LogP contribution in [0.25, 0.3) is 5.65 Å². The summed E-state index contributed by atoms with van der Waals surface area (Å²) in [7, 11) is 1.82. The molecule has 2 aromatic heterocycles. The number of hydrogen-bond donors (Lipinski definition) is 2. The van der Waals surface area contributed by atoms with Crippen LogP contribution in [0.4, 0.5) is 0 Å². The molecule has 0 saturated heterocycles. The number of rotatable bonds is 8. The zero-order valence-electron chi connectivity index (χ0n) is 16.3. The Labute approximate surface area is 169 Å². The Hall–Kier alpha value is -1.60. The van der Waals surface area contributed by atoms with Gasteiger partial charge in [-0.3, -0.25) is 4.99 Å². The highest BCUT2D eigenvalue weighted by atomic mass is 79.9. The molecule has 148 valence electrons. The number of aliphatic imine (C=N–C) groups is 1. The normalized spacial score (nSPS) is 16.8. The van der Waals surface area contributed by atoms with Crippen molar-refractivity contribution in [3.05, 3.63) is 34.7 Å². The molecule has 6 nitrogen and oxygen atoms in total. The summed E-state index contributed by atoms with van der Waals surface area (Å²) in [5, 5.41) is 6.92. The topological polar surface area (TPSA) is 63.0 Å². The minimum absolute atomic E-state index is 0.335. The van der Waals surface area contributed by atoms with Crippen LogP contribution in [0.3, 0.4) is 0 Å². The van der Waals surface area contributed by atoms with Crippen molar-refractivity contribution in [2.24, 2.45) is 10.4 Å². The van der Waals surface area contributed by atoms with Crippen LogP contribution < -0.4 is 10.6 Å². The third-order valence-corrected chi connectivity index (χ3v) is 5.87. The lowest BCUT2D eigenvalue weighted by atomic mass is 9.83. The van der Waals surface area contributed by atoms with Crippen molar-refractivity contribution in [1.29, 1.82) is 0 Å². The first-order valence-electron chi connectivity index (χ1n) is 9.79. The zero-order valence-corrected chi connectivity index (χ0v) is 17.9. The average molecular weight is 436 g/mol. The van der Waals surface area contributed by atoms with Crippen LogP contribution in [0.15, 0.2) is 34.0 Å². The fourth-order valence-electron chi connectivity index (χ4n) is 3.84. The minimum atomic E-state index is 0.335. The Morgan fingerprint density at radius 1 is 1.30 bits per heavy atom. The van der Waals surface area contributed by atoms with E-state index in [9.17, 15) is 0 Å². The van der Waals surface area contributed by atoms with Gasteiger partial charge in [0, 0.05) is 43.7 Å². The molecule has 1 saturated carbocycles. The highest BCUT2D eigenvalue weighted by molar-refractivity contribution is 9.10. The number of pyridine rings is 1. The molecule has 1 aliphatic rings. The highest BCUT2D eigenvalue weighted by Gasteiger charge is 2.33. The molecule has 0 bridgehead atoms. The van der Waals surface area contributed by atoms with Crippen LogP contribution >= 0.6 is 15.9 Å². The van der Waals surface area contributed by atoms with Crippen molar-refractivity contribution >= 4 is 27.5 Å². The summed E-state index contributed by atoms with van der Waals surface area (Å²) in [5.74, 6) is 0.830. The molecule has 0 aromatic carbocycles. The van der Waals surface area contributed by atoms with Gasteiger partial charge in [-0.15, -0.1) is 0 Å². The van der Waals surface area contributed by atoms with E-state index < -0.39 is 0 Å². The average Bonchev–Trinajstić information content (AvgIpc) is 3.29. The Bertz CT molecular complexity index is 767. The van der Waals surface area contributed by atoms with Gasteiger partial charge < -0.3 is 19.8 Å². The lowest BCUT2D eigenvalue weighted by Crippen LogP contribution is -2.43. The standard InChI is InChI=1S/C20H30BrN5O/c1-3-27-11-10-20(8-4-5-9-20)15-24-19(22-2)23-12-17-14-26-13-16(21)6-7-18(26)25-17/h6-7,13-14H,3-5,8-12,15H2,1-2H3,(H2,22,23,24). The summed E-state index contributed by atoms with van der Waals surface area (Å²) in [6.07, 6.45) is 10.3. The lowest BCUT2D eigenvalue weighted by Gasteiger charge is -2.30. The number of halogens is 1. The van der Waals surface area contributed by atoms with Crippen LogP contribution in [0.2, 0.25) is 0 Å². The smallest absolute Gasteiger partial charge is 0.191 e. The molecule has 27 heavy (non-hydrogen) atoms. The SMILES string of the molecule is CCOCCC1(CNC(=NC)NCc2cn3cc(Br)ccc3n2)CCCC1. The van der Waals surface area contributed by atoms with Crippen molar-refractivity contribution < 1.29 is 4.74 Å². The number of guanidine groups is 1. The molecule has 1 fully saturated rings. The Balaban J connectivity index is 1.53. The van der Waals surface area contributed by atoms with Crippen LogP contribution in [-0.2, 0) is 11.3 Å². The van der Waals surface area contributed by atoms with E-state index in [0.717, 1.165) is 48.0 Å². The summed E-state index contributed by atoms with van der Waals surface area (Å²) < 4.78 is 8.67. The summed E-state index contributed by atoms with van der Waals surface area (Å²) in [5.41, 5.74) is 2.27. The molecule has 1 aliphatic carbocycles. The summed E-state index contributed by atoms with van der Waals surface area (Å²) in [6, 6.07) is 4.01. The first-order valence-corrected chi connectivity index (χ1v) is 10.6. The molecule has 3 rings (SSSR count). The van der Waals surface area contributed by atoms with E-state index in [2.05, 4.69) is 43.5 Å². The third-order valence-electron chi connectivity index (χ3n) is 5.40. The molecule has 0 atom stereocenters. The molecule has 0 radical (unpaired) electrons. The maximum absolute atomic E-state index is 5.61. The fourth-order valence-corrected chi connectivity index (χ4v) is 4.19. The van der Waals surface area contributed by atoms with Gasteiger partial charge >= 0.3 is 0 Å². The van der Waals surface area contributed by atoms with E-state index >= 15 is 0 Å². The van der Waals surface area contributed by atoms with Gasteiger partial charge in [0.1, 0.15) is 5.65 Å². The summed E-state index contributed by atoms with van der Waals surface area (Å²) >= 11 is 3.49. The van der Waals surface area contributed by atoms with Gasteiger partial charge in [0.2, 0.25) is 0 Å². The second-order valence-electron chi connectivity index (χ2n) is 7.28. The molecule has 0 unspecified atom stereocenters. The monoisotopic (exact) mass is 435 g/mol. The molecule has 0 amide bonds. The predicted molar refractivity (Wildman–Crippen MR) is 113 cm³/mol. The van der Waals surface area contributed by atoms with Crippen LogP contribution in [0.1, 0.15) is 44.7 Å². The van der Waals surface area contributed by atoms with E-state index in [1.54, 1.807) is 0 Å². The van der Waals surface area contributed by atoms with Crippen LogP contribution in [0.5, 0.6) is 0 Å². The molecule has 2 heterocycles. The van der Waals surface area contributed by atoms with Gasteiger partial charge in [0.05, 0.1) is 12.2 Å². The minimum Gasteiger partial charge on any atom is -0.382 e. The Kier molecular flexibility index (Phi) is 7.13. The van der Waals surface area contributed by atoms with Gasteiger partial charge in [-0.05, 0) is 59.7 Å². The third kappa shape index (κ3) is 5.45. The zero-order chi connectivity index (χ0) is 19.1. The number of fused-ring (bicyclic) bond motifs is 1. The van der Waals surface area contributed by atoms with Crippen molar-refractivity contribution in [2.75, 3.05) is 26.8 Å². The summed E-state index contributed by atoms with van der Waals surface area (Å²) in [4.78, 5) is 9.02. The van der Waals surface area contributed by atoms with Gasteiger partial charge in [0.15, 0.2) is 5.96 Å². The second kappa shape index (κ2) is 9.55. The second-order valence-corrected chi connectivity index (χ2v) is 8.19. The highest BCUT2D eigenvalue weighted by Crippen LogP contribution is 2.40. The van der Waals surface area contributed by atoms with E-state index in [1.165, 1.54) is 25.7 Å². The van der Waals surface area contributed by atoms with Crippen molar-refractivity contribution in [3.8, 4) is 0 Å². The van der Waals surface area contributed by atoms with Crippen molar-refractivity contribution in [1.82, 2.24) is 20.0 Å². The Morgan fingerprint density at radius 2 is 2.11 bits per heavy atom. The first-order chi connectivity index (χ1) is 13.1. The van der Waals surface area contributed by atoms with E-state index in [0.29, 0.717) is 12.0 Å². The summed E-state index contributed by atoms with van der Waals surface area (Å²) in [6.45, 7) is 5.29. The molecule has 7 heteroatoms. The number of nitrogens with one attached hydrogen (secondary N) is 2. The van der Waals surface area contributed by atoms with E-state index in [4.69, 9.17) is 4.74 Å². The largest absolute Gasteiger partial charge is 0.382 e. The van der Waals surface area contributed by atoms with Crippen molar-refractivity contribution in [2.45, 2.75) is 45.6 Å². The maximum Gasteiger partial charge on any atom is 0.191 e. The van der Waals surface area contributed by atoms with Crippen LogP contribution in [0, 0.1) is 5.41 Å². The molecular weight excluding hydrogens is 406 g/mol. The van der Waals surface area contributed by atoms with Crippen molar-refractivity contribution in [3.63, 3.8) is 0 Å². The fraction of sp³-hybridized carbons (Fsp3) is 0.600. The van der Waals surface area contributed by atoms with Gasteiger partial charge in [-0.1, -0.05) is 12.8 Å². The Morgan fingerprint density at radius 3 is 2.85 bits per heavy atom. The quantitative estimate of drug-likeness (QED) is 0.376. The number of imidazole rings is 1. The molecular formula is C20H30BrN5O. The maximum atomic E-state index is 5.61. The molecule has 2 aromatic rings. The first kappa shape index (κ1) is 20.1. The van der Waals surface area contributed by atoms with E-state index in [-0.39, 0.29) is 0 Å². The van der Waals surface area contributed by atoms with Gasteiger partial charge in [-0.25, -0.2) is 4.98 Å². The molecule has 0 spiro atoms. The molecule has 2 N–H and O–H groups in total. The van der Waals surface area contributed by atoms with Gasteiger partial charge in [0.25, 0.3) is 0 Å². The van der Waals surface area contributed by atoms with Gasteiger partial charge in [-0.2, -0.15) is 0 Å². The number of hydrogen-bond acceptors (Lipinski definition) is 3. The number of nitrogens with zero attached hydrogens (tertiary/aromatic N) is 3. The lowest BCUT2D eigenvalue weighted by molar-refractivity contribution is 0.105. The number of ether oxygens (including phenoxy) is 1. The van der Waals surface area contributed by atoms with E-state index in [1.807, 2.05) is 36.0 Å². The number of aromatic nitrogens is 2. The molecule has 0 aliphatic heterocycles.